The minimum absolute atomic E-state index is 0.105. The van der Waals surface area contributed by atoms with Gasteiger partial charge >= 0.3 is 0 Å². The Morgan fingerprint density at radius 3 is 3.10 bits per heavy atom. The molecule has 4 nitrogen and oxygen atoms in total. The van der Waals surface area contributed by atoms with Crippen LogP contribution >= 0.6 is 0 Å². The Bertz CT molecular complexity index is 446. The Hall–Kier alpha value is -1.39. The first kappa shape index (κ1) is 15.0. The smallest absolute Gasteiger partial charge is 0.253 e. The van der Waals surface area contributed by atoms with Gasteiger partial charge in [0, 0.05) is 25.3 Å². The lowest BCUT2D eigenvalue weighted by molar-refractivity contribution is 0.00724. The summed E-state index contributed by atoms with van der Waals surface area (Å²) in [6, 6.07) is 7.79. The number of carbonyl (C=O) groups is 1. The van der Waals surface area contributed by atoms with Crippen molar-refractivity contribution in [3.8, 4) is 0 Å². The first-order valence-corrected chi connectivity index (χ1v) is 7.44. The number of nitrogens with zero attached hydrogens (tertiary/aromatic N) is 1. The molecule has 1 aromatic carbocycles. The molecule has 1 atom stereocenters. The molecule has 20 heavy (non-hydrogen) atoms. The van der Waals surface area contributed by atoms with Crippen molar-refractivity contribution in [2.24, 2.45) is 5.73 Å². The molecule has 110 valence electrons. The second-order valence-corrected chi connectivity index (χ2v) is 5.21. The number of hydrogen-bond donors (Lipinski definition) is 1. The monoisotopic (exact) mass is 276 g/mol. The van der Waals surface area contributed by atoms with Crippen LogP contribution < -0.4 is 5.73 Å². The molecule has 1 fully saturated rings. The van der Waals surface area contributed by atoms with Crippen molar-refractivity contribution in [3.05, 3.63) is 35.4 Å². The molecule has 0 aliphatic carbocycles. The third-order valence-electron chi connectivity index (χ3n) is 3.67. The van der Waals surface area contributed by atoms with Crippen LogP contribution in [0.15, 0.2) is 24.3 Å². The summed E-state index contributed by atoms with van der Waals surface area (Å²) in [5, 5.41) is 0. The molecule has 0 bridgehead atoms. The minimum Gasteiger partial charge on any atom is -0.377 e. The zero-order chi connectivity index (χ0) is 14.4. The van der Waals surface area contributed by atoms with E-state index in [2.05, 4.69) is 0 Å². The molecule has 4 heteroatoms. The highest BCUT2D eigenvalue weighted by Gasteiger charge is 2.24. The third-order valence-corrected chi connectivity index (χ3v) is 3.67. The molecule has 0 aromatic heterocycles. The average molecular weight is 276 g/mol. The van der Waals surface area contributed by atoms with Gasteiger partial charge in [-0.2, -0.15) is 0 Å². The number of benzene rings is 1. The minimum atomic E-state index is 0.105. The van der Waals surface area contributed by atoms with E-state index in [0.717, 1.165) is 36.9 Å². The van der Waals surface area contributed by atoms with Crippen LogP contribution in [0.4, 0.5) is 0 Å². The van der Waals surface area contributed by atoms with Gasteiger partial charge in [0.2, 0.25) is 0 Å². The van der Waals surface area contributed by atoms with Crippen LogP contribution in [0.1, 0.15) is 35.7 Å². The van der Waals surface area contributed by atoms with Gasteiger partial charge in [-0.3, -0.25) is 4.79 Å². The average Bonchev–Trinajstić information content (AvgIpc) is 2.48. The number of ether oxygens (including phenoxy) is 1. The van der Waals surface area contributed by atoms with E-state index < -0.39 is 0 Å². The third kappa shape index (κ3) is 3.81. The Labute approximate surface area is 120 Å². The largest absolute Gasteiger partial charge is 0.377 e. The van der Waals surface area contributed by atoms with Gasteiger partial charge in [-0.05, 0) is 50.4 Å². The van der Waals surface area contributed by atoms with Gasteiger partial charge in [0.25, 0.3) is 5.91 Å². The molecule has 1 unspecified atom stereocenters. The zero-order valence-corrected chi connectivity index (χ0v) is 12.2. The quantitative estimate of drug-likeness (QED) is 0.892. The van der Waals surface area contributed by atoms with Gasteiger partial charge in [0.15, 0.2) is 0 Å². The summed E-state index contributed by atoms with van der Waals surface area (Å²) in [5.74, 6) is 0.105. The van der Waals surface area contributed by atoms with Crippen molar-refractivity contribution >= 4 is 5.91 Å². The van der Waals surface area contributed by atoms with E-state index in [0.29, 0.717) is 19.7 Å². The van der Waals surface area contributed by atoms with Gasteiger partial charge in [-0.15, -0.1) is 0 Å². The number of rotatable bonds is 5. The fourth-order valence-corrected chi connectivity index (χ4v) is 2.70. The van der Waals surface area contributed by atoms with E-state index in [4.69, 9.17) is 10.5 Å². The molecular formula is C16H24N2O2. The first-order valence-electron chi connectivity index (χ1n) is 7.44. The van der Waals surface area contributed by atoms with E-state index in [-0.39, 0.29) is 12.0 Å². The topological polar surface area (TPSA) is 55.6 Å². The summed E-state index contributed by atoms with van der Waals surface area (Å²) < 4.78 is 5.65. The molecule has 1 heterocycles. The second-order valence-electron chi connectivity index (χ2n) is 5.21. The van der Waals surface area contributed by atoms with Crippen LogP contribution in [0.25, 0.3) is 0 Å². The summed E-state index contributed by atoms with van der Waals surface area (Å²) in [6.45, 7) is 4.83. The van der Waals surface area contributed by atoms with Crippen molar-refractivity contribution in [1.29, 1.82) is 0 Å². The SMILES string of the molecule is CCOC1CCCN(C(=O)c2cccc(CCN)c2)C1. The maximum atomic E-state index is 12.5. The number of piperidine rings is 1. The molecule has 1 saturated heterocycles. The van der Waals surface area contributed by atoms with Crippen LogP contribution in [0, 0.1) is 0 Å². The predicted molar refractivity (Wildman–Crippen MR) is 79.8 cm³/mol. The molecular weight excluding hydrogens is 252 g/mol. The fourth-order valence-electron chi connectivity index (χ4n) is 2.70. The van der Waals surface area contributed by atoms with Crippen molar-refractivity contribution in [3.63, 3.8) is 0 Å². The van der Waals surface area contributed by atoms with E-state index in [1.807, 2.05) is 36.1 Å². The number of likely N-dealkylation sites (tertiary alicyclic amines) is 1. The van der Waals surface area contributed by atoms with Crippen molar-refractivity contribution in [2.75, 3.05) is 26.2 Å². The number of hydrogen-bond acceptors (Lipinski definition) is 3. The van der Waals surface area contributed by atoms with Gasteiger partial charge in [0.1, 0.15) is 0 Å². The summed E-state index contributed by atoms with van der Waals surface area (Å²) in [4.78, 5) is 14.5. The summed E-state index contributed by atoms with van der Waals surface area (Å²) >= 11 is 0. The molecule has 0 radical (unpaired) electrons. The number of nitrogens with two attached hydrogens (primary N) is 1. The van der Waals surface area contributed by atoms with E-state index in [1.165, 1.54) is 0 Å². The van der Waals surface area contributed by atoms with Crippen molar-refractivity contribution in [2.45, 2.75) is 32.3 Å². The Kier molecular flexibility index (Phi) is 5.56. The van der Waals surface area contributed by atoms with Gasteiger partial charge in [0.05, 0.1) is 6.10 Å². The lowest BCUT2D eigenvalue weighted by atomic mass is 10.0. The standard InChI is InChI=1S/C16H24N2O2/c1-2-20-15-7-4-10-18(12-15)16(19)14-6-3-5-13(11-14)8-9-17/h3,5-6,11,15H,2,4,7-10,12,17H2,1H3. The highest BCUT2D eigenvalue weighted by Crippen LogP contribution is 2.17. The van der Waals surface area contributed by atoms with E-state index >= 15 is 0 Å². The summed E-state index contributed by atoms with van der Waals surface area (Å²) in [7, 11) is 0. The van der Waals surface area contributed by atoms with Gasteiger partial charge in [-0.25, -0.2) is 0 Å². The maximum Gasteiger partial charge on any atom is 0.253 e. The maximum absolute atomic E-state index is 12.5. The van der Waals surface area contributed by atoms with Gasteiger partial charge in [-0.1, -0.05) is 12.1 Å². The molecule has 0 saturated carbocycles. The lowest BCUT2D eigenvalue weighted by Crippen LogP contribution is -2.43. The Morgan fingerprint density at radius 2 is 2.35 bits per heavy atom. The molecule has 2 rings (SSSR count). The predicted octanol–water partition coefficient (Wildman–Crippen LogP) is 1.83. The van der Waals surface area contributed by atoms with Crippen LogP contribution in [0.3, 0.4) is 0 Å². The molecule has 0 spiro atoms. The highest BCUT2D eigenvalue weighted by molar-refractivity contribution is 5.94. The van der Waals surface area contributed by atoms with Gasteiger partial charge < -0.3 is 15.4 Å². The van der Waals surface area contributed by atoms with Crippen molar-refractivity contribution in [1.82, 2.24) is 4.90 Å². The first-order chi connectivity index (χ1) is 9.74. The molecule has 1 aliphatic heterocycles. The number of amides is 1. The summed E-state index contributed by atoms with van der Waals surface area (Å²) in [5.41, 5.74) is 7.45. The van der Waals surface area contributed by atoms with Crippen LogP contribution in [-0.4, -0.2) is 43.2 Å². The summed E-state index contributed by atoms with van der Waals surface area (Å²) in [6.07, 6.45) is 3.05. The second kappa shape index (κ2) is 7.41. The van der Waals surface area contributed by atoms with Crippen LogP contribution in [-0.2, 0) is 11.2 Å². The normalized spacial score (nSPS) is 19.1. The lowest BCUT2D eigenvalue weighted by Gasteiger charge is -2.32. The highest BCUT2D eigenvalue weighted by atomic mass is 16.5. The zero-order valence-electron chi connectivity index (χ0n) is 12.2. The Balaban J connectivity index is 2.04. The molecule has 1 aromatic rings. The molecule has 2 N–H and O–H groups in total. The Morgan fingerprint density at radius 1 is 1.50 bits per heavy atom. The van der Waals surface area contributed by atoms with Crippen molar-refractivity contribution < 1.29 is 9.53 Å². The fraction of sp³-hybridized carbons (Fsp3) is 0.562. The van der Waals surface area contributed by atoms with Crippen LogP contribution in [0.2, 0.25) is 0 Å². The van der Waals surface area contributed by atoms with E-state index in [9.17, 15) is 4.79 Å². The molecule has 1 aliphatic rings. The number of carbonyl (C=O) groups excluding carboxylic acids is 1. The molecule has 1 amide bonds. The van der Waals surface area contributed by atoms with E-state index in [1.54, 1.807) is 0 Å². The van der Waals surface area contributed by atoms with Crippen LogP contribution in [0.5, 0.6) is 0 Å².